The van der Waals surface area contributed by atoms with E-state index >= 15 is 0 Å². The topological polar surface area (TPSA) is 44.8 Å². The van der Waals surface area contributed by atoms with E-state index in [2.05, 4.69) is 0 Å². The standard InChI is InChI=1S/C15H16O4/c1-17-10-4-5-11(18-2)14-13(10)9-6-7-15(14,19-3)12(16)8-9/h4-7,9H,8H2,1-3H3. The third-order valence-electron chi connectivity index (χ3n) is 4.05. The van der Waals surface area contributed by atoms with Crippen molar-refractivity contribution in [3.8, 4) is 11.5 Å². The number of Topliss-reactive ketones (excluding diaryl/α,β-unsaturated/α-hetero) is 1. The average Bonchev–Trinajstić information content (AvgIpc) is 2.46. The number of hydrogen-bond donors (Lipinski definition) is 0. The minimum Gasteiger partial charge on any atom is -0.496 e. The summed E-state index contributed by atoms with van der Waals surface area (Å²) in [4.78, 5) is 12.4. The van der Waals surface area contributed by atoms with Crippen LogP contribution in [0, 0.1) is 0 Å². The molecule has 0 heterocycles. The molecule has 3 aliphatic rings. The van der Waals surface area contributed by atoms with Crippen molar-refractivity contribution in [1.82, 2.24) is 0 Å². The minimum absolute atomic E-state index is 0.0459. The summed E-state index contributed by atoms with van der Waals surface area (Å²) in [6.07, 6.45) is 4.31. The molecule has 0 saturated carbocycles. The van der Waals surface area contributed by atoms with Gasteiger partial charge in [0.05, 0.1) is 14.2 Å². The zero-order valence-electron chi connectivity index (χ0n) is 11.2. The van der Waals surface area contributed by atoms with Crippen LogP contribution < -0.4 is 9.47 Å². The van der Waals surface area contributed by atoms with E-state index in [0.717, 1.165) is 16.9 Å². The molecule has 0 aromatic heterocycles. The number of ketones is 1. The first-order valence-corrected chi connectivity index (χ1v) is 6.21. The quantitative estimate of drug-likeness (QED) is 0.781. The molecule has 1 aromatic rings. The monoisotopic (exact) mass is 260 g/mol. The van der Waals surface area contributed by atoms with Gasteiger partial charge in [0.1, 0.15) is 11.5 Å². The van der Waals surface area contributed by atoms with Crippen molar-refractivity contribution in [3.05, 3.63) is 35.4 Å². The molecule has 0 fully saturated rings. The lowest BCUT2D eigenvalue weighted by Gasteiger charge is -2.42. The molecule has 100 valence electrons. The predicted octanol–water partition coefficient (Wildman–Crippen LogP) is 2.17. The fraction of sp³-hybridized carbons (Fsp3) is 0.400. The second kappa shape index (κ2) is 4.10. The molecule has 0 saturated heterocycles. The van der Waals surface area contributed by atoms with E-state index in [1.54, 1.807) is 21.3 Å². The zero-order chi connectivity index (χ0) is 13.6. The normalized spacial score (nSPS) is 27.3. The number of ether oxygens (including phenoxy) is 3. The van der Waals surface area contributed by atoms with Crippen LogP contribution in [0.1, 0.15) is 23.5 Å². The van der Waals surface area contributed by atoms with Gasteiger partial charge in [-0.25, -0.2) is 0 Å². The van der Waals surface area contributed by atoms with Crippen LogP contribution in [-0.2, 0) is 15.1 Å². The van der Waals surface area contributed by atoms with Crippen LogP contribution in [0.3, 0.4) is 0 Å². The van der Waals surface area contributed by atoms with E-state index in [0.29, 0.717) is 12.2 Å². The molecule has 0 aliphatic heterocycles. The molecule has 2 bridgehead atoms. The van der Waals surface area contributed by atoms with E-state index in [4.69, 9.17) is 14.2 Å². The Bertz CT molecular complexity index is 576. The van der Waals surface area contributed by atoms with Gasteiger partial charge in [0.2, 0.25) is 0 Å². The zero-order valence-corrected chi connectivity index (χ0v) is 11.2. The summed E-state index contributed by atoms with van der Waals surface area (Å²) in [6, 6.07) is 3.69. The third-order valence-corrected chi connectivity index (χ3v) is 4.05. The summed E-state index contributed by atoms with van der Waals surface area (Å²) in [6.45, 7) is 0. The van der Waals surface area contributed by atoms with Gasteiger partial charge in [-0.3, -0.25) is 4.79 Å². The maximum Gasteiger partial charge on any atom is 0.174 e. The molecule has 4 nitrogen and oxygen atoms in total. The van der Waals surface area contributed by atoms with E-state index in [-0.39, 0.29) is 11.7 Å². The molecule has 4 heteroatoms. The van der Waals surface area contributed by atoms with Crippen LogP contribution in [0.15, 0.2) is 24.3 Å². The summed E-state index contributed by atoms with van der Waals surface area (Å²) in [5, 5.41) is 0. The van der Waals surface area contributed by atoms with E-state index in [9.17, 15) is 4.79 Å². The van der Waals surface area contributed by atoms with Crippen molar-refractivity contribution in [3.63, 3.8) is 0 Å². The second-order valence-electron chi connectivity index (χ2n) is 4.79. The lowest BCUT2D eigenvalue weighted by atomic mass is 9.67. The molecule has 2 unspecified atom stereocenters. The van der Waals surface area contributed by atoms with Gasteiger partial charge in [0, 0.05) is 30.6 Å². The van der Waals surface area contributed by atoms with Gasteiger partial charge < -0.3 is 14.2 Å². The molecular formula is C15H16O4. The molecular weight excluding hydrogens is 244 g/mol. The van der Waals surface area contributed by atoms with Crippen LogP contribution in [0.25, 0.3) is 0 Å². The van der Waals surface area contributed by atoms with Crippen LogP contribution in [-0.4, -0.2) is 27.1 Å². The first kappa shape index (κ1) is 12.2. The maximum absolute atomic E-state index is 12.4. The van der Waals surface area contributed by atoms with Gasteiger partial charge in [-0.2, -0.15) is 0 Å². The number of carbonyl (C=O) groups is 1. The van der Waals surface area contributed by atoms with Crippen molar-refractivity contribution < 1.29 is 19.0 Å². The molecule has 0 radical (unpaired) electrons. The fourth-order valence-electron chi connectivity index (χ4n) is 3.15. The second-order valence-corrected chi connectivity index (χ2v) is 4.79. The van der Waals surface area contributed by atoms with Gasteiger partial charge in [0.15, 0.2) is 11.4 Å². The number of allylic oxidation sites excluding steroid dienone is 1. The number of carbonyl (C=O) groups excluding carboxylic acids is 1. The van der Waals surface area contributed by atoms with Crippen molar-refractivity contribution in [2.45, 2.75) is 17.9 Å². The van der Waals surface area contributed by atoms with Crippen LogP contribution in [0.4, 0.5) is 0 Å². The summed E-state index contributed by atoms with van der Waals surface area (Å²) >= 11 is 0. The van der Waals surface area contributed by atoms with Gasteiger partial charge >= 0.3 is 0 Å². The highest BCUT2D eigenvalue weighted by atomic mass is 16.5. The van der Waals surface area contributed by atoms with Crippen LogP contribution in [0.5, 0.6) is 11.5 Å². The maximum atomic E-state index is 12.4. The van der Waals surface area contributed by atoms with E-state index in [1.165, 1.54) is 0 Å². The highest BCUT2D eigenvalue weighted by Crippen LogP contribution is 2.53. The van der Waals surface area contributed by atoms with Crippen LogP contribution >= 0.6 is 0 Å². The smallest absolute Gasteiger partial charge is 0.174 e. The Morgan fingerprint density at radius 1 is 1.16 bits per heavy atom. The Morgan fingerprint density at radius 2 is 1.84 bits per heavy atom. The Morgan fingerprint density at radius 3 is 2.42 bits per heavy atom. The van der Waals surface area contributed by atoms with E-state index in [1.807, 2.05) is 24.3 Å². The molecule has 0 N–H and O–H groups in total. The van der Waals surface area contributed by atoms with E-state index < -0.39 is 5.60 Å². The number of rotatable bonds is 3. The van der Waals surface area contributed by atoms with Crippen LogP contribution in [0.2, 0.25) is 0 Å². The molecule has 19 heavy (non-hydrogen) atoms. The predicted molar refractivity (Wildman–Crippen MR) is 69.7 cm³/mol. The van der Waals surface area contributed by atoms with Gasteiger partial charge in [-0.1, -0.05) is 6.08 Å². The fourth-order valence-corrected chi connectivity index (χ4v) is 3.15. The molecule has 3 aliphatic carbocycles. The average molecular weight is 260 g/mol. The van der Waals surface area contributed by atoms with Gasteiger partial charge in [-0.15, -0.1) is 0 Å². The molecule has 1 aromatic carbocycles. The third kappa shape index (κ3) is 1.40. The highest BCUT2D eigenvalue weighted by molar-refractivity contribution is 5.97. The Kier molecular flexibility index (Phi) is 2.64. The molecule has 0 amide bonds. The Hall–Kier alpha value is -1.81. The summed E-state index contributed by atoms with van der Waals surface area (Å²) in [5.74, 6) is 1.56. The molecule has 4 rings (SSSR count). The van der Waals surface area contributed by atoms with Crippen molar-refractivity contribution in [1.29, 1.82) is 0 Å². The van der Waals surface area contributed by atoms with Crippen molar-refractivity contribution in [2.24, 2.45) is 0 Å². The number of methoxy groups -OCH3 is 3. The van der Waals surface area contributed by atoms with Crippen molar-refractivity contribution >= 4 is 5.78 Å². The lowest BCUT2D eigenvalue weighted by molar-refractivity contribution is -0.139. The summed E-state index contributed by atoms with van der Waals surface area (Å²) in [5.41, 5.74) is 0.774. The number of benzene rings is 1. The number of fused-ring (bicyclic) bond motifs is 1. The van der Waals surface area contributed by atoms with Gasteiger partial charge in [0.25, 0.3) is 0 Å². The highest BCUT2D eigenvalue weighted by Gasteiger charge is 2.51. The summed E-state index contributed by atoms with van der Waals surface area (Å²) in [7, 11) is 4.79. The Labute approximate surface area is 112 Å². The molecule has 2 atom stereocenters. The lowest BCUT2D eigenvalue weighted by Crippen LogP contribution is -2.44. The first-order valence-electron chi connectivity index (χ1n) is 6.21. The SMILES string of the molecule is COc1ccc(OC)c2c1C1C=CC2(OC)C(=O)C1. The largest absolute Gasteiger partial charge is 0.496 e. The minimum atomic E-state index is -1.02. The Balaban J connectivity index is 2.36. The first-order chi connectivity index (χ1) is 9.17. The van der Waals surface area contributed by atoms with Crippen molar-refractivity contribution in [2.75, 3.05) is 21.3 Å². The molecule has 0 spiro atoms. The van der Waals surface area contributed by atoms with Gasteiger partial charge in [-0.05, 0) is 18.2 Å². The summed E-state index contributed by atoms with van der Waals surface area (Å²) < 4.78 is 16.4. The number of hydrogen-bond acceptors (Lipinski definition) is 4.